The number of amides is 1. The number of methoxy groups -OCH3 is 1. The Kier molecular flexibility index (Phi) is 4.30. The third kappa shape index (κ3) is 2.80. The highest BCUT2D eigenvalue weighted by Gasteiger charge is 2.25. The quantitative estimate of drug-likeness (QED) is 0.713. The minimum atomic E-state index is -0.188. The molecule has 7 heteroatoms. The fourth-order valence-corrected chi connectivity index (χ4v) is 3.29. The van der Waals surface area contributed by atoms with Crippen molar-refractivity contribution in [1.82, 2.24) is 24.9 Å². The summed E-state index contributed by atoms with van der Waals surface area (Å²) in [5.74, 6) is -0.188. The number of aromatic nitrogens is 4. The lowest BCUT2D eigenvalue weighted by molar-refractivity contribution is 0.0931. The molecular formula is C19H21N5O2. The second-order valence-electron chi connectivity index (χ2n) is 6.35. The molecule has 1 aromatic carbocycles. The van der Waals surface area contributed by atoms with Crippen LogP contribution in [0.1, 0.15) is 21.6 Å². The second kappa shape index (κ2) is 6.76. The molecule has 0 fully saturated rings. The molecule has 26 heavy (non-hydrogen) atoms. The molecule has 0 saturated carbocycles. The van der Waals surface area contributed by atoms with Crippen LogP contribution in [0, 0.1) is 6.92 Å². The Morgan fingerprint density at radius 2 is 2.19 bits per heavy atom. The van der Waals surface area contributed by atoms with Crippen LogP contribution >= 0.6 is 0 Å². The van der Waals surface area contributed by atoms with E-state index < -0.39 is 0 Å². The number of benzene rings is 1. The van der Waals surface area contributed by atoms with Gasteiger partial charge in [0.2, 0.25) is 0 Å². The standard InChI is InChI=1S/C19H21N5O2/c1-13-5-3-4-6-16(13)24-18-14(12-21-24)7-9-23-17(18)11-15(22-23)19(25)20-8-10-26-2/h3-6,11-12H,7-10H2,1-2H3,(H,20,25). The summed E-state index contributed by atoms with van der Waals surface area (Å²) in [6.45, 7) is 3.75. The molecule has 0 atom stereocenters. The van der Waals surface area contributed by atoms with Crippen LogP contribution in [0.25, 0.3) is 17.1 Å². The topological polar surface area (TPSA) is 74.0 Å². The smallest absolute Gasteiger partial charge is 0.271 e. The van der Waals surface area contributed by atoms with E-state index in [-0.39, 0.29) is 5.91 Å². The van der Waals surface area contributed by atoms with Crippen LogP contribution in [0.5, 0.6) is 0 Å². The predicted octanol–water partition coefficient (Wildman–Crippen LogP) is 1.98. The summed E-state index contributed by atoms with van der Waals surface area (Å²) < 4.78 is 8.81. The Morgan fingerprint density at radius 1 is 1.35 bits per heavy atom. The maximum Gasteiger partial charge on any atom is 0.271 e. The molecule has 0 aliphatic carbocycles. The Bertz CT molecular complexity index is 957. The van der Waals surface area contributed by atoms with Crippen LogP contribution in [0.3, 0.4) is 0 Å². The molecule has 1 aliphatic heterocycles. The van der Waals surface area contributed by atoms with Crippen molar-refractivity contribution in [1.29, 1.82) is 0 Å². The predicted molar refractivity (Wildman–Crippen MR) is 97.4 cm³/mol. The number of para-hydroxylation sites is 1. The van der Waals surface area contributed by atoms with Gasteiger partial charge in [-0.15, -0.1) is 0 Å². The van der Waals surface area contributed by atoms with Crippen molar-refractivity contribution in [3.63, 3.8) is 0 Å². The summed E-state index contributed by atoms with van der Waals surface area (Å²) in [7, 11) is 1.61. The summed E-state index contributed by atoms with van der Waals surface area (Å²) in [6.07, 6.45) is 2.76. The van der Waals surface area contributed by atoms with Crippen molar-refractivity contribution < 1.29 is 9.53 Å². The highest BCUT2D eigenvalue weighted by molar-refractivity contribution is 5.93. The van der Waals surface area contributed by atoms with Crippen molar-refractivity contribution in [2.24, 2.45) is 0 Å². The number of hydrogen-bond acceptors (Lipinski definition) is 4. The molecule has 134 valence electrons. The van der Waals surface area contributed by atoms with E-state index in [2.05, 4.69) is 34.6 Å². The van der Waals surface area contributed by atoms with Gasteiger partial charge in [-0.1, -0.05) is 18.2 Å². The molecular weight excluding hydrogens is 330 g/mol. The van der Waals surface area contributed by atoms with Gasteiger partial charge in [0.15, 0.2) is 5.69 Å². The minimum absolute atomic E-state index is 0.188. The molecule has 1 N–H and O–H groups in total. The molecule has 4 rings (SSSR count). The number of aryl methyl sites for hydroxylation is 3. The van der Waals surface area contributed by atoms with Gasteiger partial charge in [0.25, 0.3) is 5.91 Å². The summed E-state index contributed by atoms with van der Waals surface area (Å²) in [5.41, 5.74) is 5.70. The van der Waals surface area contributed by atoms with Gasteiger partial charge in [0.05, 0.1) is 29.9 Å². The number of rotatable bonds is 5. The lowest BCUT2D eigenvalue weighted by atomic mass is 10.1. The SMILES string of the molecule is COCCNC(=O)c1cc2n(n1)CCc1cnn(-c3ccccc3C)c1-2. The van der Waals surface area contributed by atoms with E-state index in [1.807, 2.05) is 33.8 Å². The van der Waals surface area contributed by atoms with Gasteiger partial charge in [-0.3, -0.25) is 9.48 Å². The normalized spacial score (nSPS) is 12.5. The van der Waals surface area contributed by atoms with Gasteiger partial charge >= 0.3 is 0 Å². The van der Waals surface area contributed by atoms with E-state index in [4.69, 9.17) is 4.74 Å². The number of ether oxygens (including phenoxy) is 1. The molecule has 1 aliphatic rings. The van der Waals surface area contributed by atoms with Gasteiger partial charge in [-0.2, -0.15) is 10.2 Å². The highest BCUT2D eigenvalue weighted by atomic mass is 16.5. The first-order chi connectivity index (χ1) is 12.7. The molecule has 0 saturated heterocycles. The van der Waals surface area contributed by atoms with Gasteiger partial charge in [0, 0.05) is 25.8 Å². The highest BCUT2D eigenvalue weighted by Crippen LogP contribution is 2.32. The van der Waals surface area contributed by atoms with Crippen LogP contribution in [0.15, 0.2) is 36.5 Å². The van der Waals surface area contributed by atoms with E-state index in [1.54, 1.807) is 7.11 Å². The first kappa shape index (κ1) is 16.5. The molecule has 1 amide bonds. The lowest BCUT2D eigenvalue weighted by Crippen LogP contribution is -2.27. The molecule has 0 bridgehead atoms. The number of carbonyl (C=O) groups excluding carboxylic acids is 1. The zero-order valence-corrected chi connectivity index (χ0v) is 14.9. The fraction of sp³-hybridized carbons (Fsp3) is 0.316. The van der Waals surface area contributed by atoms with Crippen LogP contribution < -0.4 is 5.32 Å². The van der Waals surface area contributed by atoms with E-state index >= 15 is 0 Å². The maximum absolute atomic E-state index is 12.3. The molecule has 0 unspecified atom stereocenters. The van der Waals surface area contributed by atoms with E-state index in [0.717, 1.165) is 35.6 Å². The summed E-state index contributed by atoms with van der Waals surface area (Å²) in [6, 6.07) is 9.98. The lowest BCUT2D eigenvalue weighted by Gasteiger charge is -2.17. The van der Waals surface area contributed by atoms with Gasteiger partial charge < -0.3 is 10.1 Å². The van der Waals surface area contributed by atoms with E-state index in [9.17, 15) is 4.79 Å². The Morgan fingerprint density at radius 3 is 3.00 bits per heavy atom. The monoisotopic (exact) mass is 351 g/mol. The first-order valence-electron chi connectivity index (χ1n) is 8.67. The van der Waals surface area contributed by atoms with Crippen molar-refractivity contribution >= 4 is 5.91 Å². The van der Waals surface area contributed by atoms with E-state index in [0.29, 0.717) is 18.8 Å². The summed E-state index contributed by atoms with van der Waals surface area (Å²) in [5, 5.41) is 11.9. The van der Waals surface area contributed by atoms with Crippen molar-refractivity contribution in [3.05, 3.63) is 53.3 Å². The average molecular weight is 351 g/mol. The first-order valence-corrected chi connectivity index (χ1v) is 8.67. The van der Waals surface area contributed by atoms with Crippen LogP contribution in [0.4, 0.5) is 0 Å². The molecule has 3 heterocycles. The van der Waals surface area contributed by atoms with Crippen molar-refractivity contribution in [3.8, 4) is 17.1 Å². The molecule has 7 nitrogen and oxygen atoms in total. The molecule has 2 aromatic heterocycles. The second-order valence-corrected chi connectivity index (χ2v) is 6.35. The van der Waals surface area contributed by atoms with Gasteiger partial charge in [-0.05, 0) is 31.0 Å². The summed E-state index contributed by atoms with van der Waals surface area (Å²) >= 11 is 0. The fourth-order valence-electron chi connectivity index (χ4n) is 3.29. The number of hydrogen-bond donors (Lipinski definition) is 1. The third-order valence-electron chi connectivity index (χ3n) is 4.63. The number of nitrogens with zero attached hydrogens (tertiary/aromatic N) is 4. The van der Waals surface area contributed by atoms with Crippen LogP contribution in [-0.4, -0.2) is 45.7 Å². The molecule has 0 spiro atoms. The Balaban J connectivity index is 1.72. The van der Waals surface area contributed by atoms with Crippen molar-refractivity contribution in [2.45, 2.75) is 19.9 Å². The summed E-state index contributed by atoms with van der Waals surface area (Å²) in [4.78, 5) is 12.3. The number of fused-ring (bicyclic) bond motifs is 3. The Labute approximate surface area is 151 Å². The van der Waals surface area contributed by atoms with E-state index in [1.165, 1.54) is 5.56 Å². The zero-order chi connectivity index (χ0) is 18.1. The maximum atomic E-state index is 12.3. The Hall–Kier alpha value is -2.93. The van der Waals surface area contributed by atoms with Gasteiger partial charge in [0.1, 0.15) is 0 Å². The number of carbonyl (C=O) groups is 1. The average Bonchev–Trinajstić information content (AvgIpc) is 3.26. The molecule has 3 aromatic rings. The van der Waals surface area contributed by atoms with Crippen LogP contribution in [0.2, 0.25) is 0 Å². The third-order valence-corrected chi connectivity index (χ3v) is 4.63. The molecule has 0 radical (unpaired) electrons. The minimum Gasteiger partial charge on any atom is -0.383 e. The van der Waals surface area contributed by atoms with Gasteiger partial charge in [-0.25, -0.2) is 4.68 Å². The zero-order valence-electron chi connectivity index (χ0n) is 14.9. The number of nitrogens with one attached hydrogen (secondary N) is 1. The van der Waals surface area contributed by atoms with Crippen LogP contribution in [-0.2, 0) is 17.7 Å². The van der Waals surface area contributed by atoms with Crippen molar-refractivity contribution in [2.75, 3.05) is 20.3 Å². The largest absolute Gasteiger partial charge is 0.383 e.